The van der Waals surface area contributed by atoms with Gasteiger partial charge in [-0.25, -0.2) is 4.98 Å². The molecule has 1 saturated heterocycles. The van der Waals surface area contributed by atoms with E-state index in [-0.39, 0.29) is 23.3 Å². The number of halogens is 3. The summed E-state index contributed by atoms with van der Waals surface area (Å²) in [7, 11) is 0. The number of nitrogens with zero attached hydrogens (tertiary/aromatic N) is 3. The van der Waals surface area contributed by atoms with Crippen LogP contribution in [0.2, 0.25) is 0 Å². The average molecular weight is 493 g/mol. The number of carbonyl (C=O) groups excluding carboxylic acids is 2. The fourth-order valence-electron chi connectivity index (χ4n) is 4.46. The van der Waals surface area contributed by atoms with Crippen molar-refractivity contribution in [2.75, 3.05) is 18.4 Å². The van der Waals surface area contributed by atoms with E-state index in [0.717, 1.165) is 17.7 Å². The van der Waals surface area contributed by atoms with Gasteiger partial charge in [0.05, 0.1) is 5.56 Å². The Kier molecular flexibility index (Phi) is 6.22. The van der Waals surface area contributed by atoms with Crippen LogP contribution in [-0.2, 0) is 11.0 Å². The van der Waals surface area contributed by atoms with Gasteiger partial charge in [0.15, 0.2) is 0 Å². The maximum Gasteiger partial charge on any atom is 0.416 e. The molecule has 0 spiro atoms. The predicted octanol–water partition coefficient (Wildman–Crippen LogP) is 5.51. The molecule has 184 valence electrons. The van der Waals surface area contributed by atoms with Crippen molar-refractivity contribution in [2.24, 2.45) is 5.92 Å². The monoisotopic (exact) mass is 492 g/mol. The number of piperidine rings is 1. The number of alkyl halides is 3. The van der Waals surface area contributed by atoms with Crippen molar-refractivity contribution in [2.45, 2.75) is 19.0 Å². The third kappa shape index (κ3) is 4.68. The molecule has 6 nitrogen and oxygen atoms in total. The van der Waals surface area contributed by atoms with E-state index >= 15 is 0 Å². The quantitative estimate of drug-likeness (QED) is 0.409. The highest BCUT2D eigenvalue weighted by atomic mass is 19.4. The first-order valence-corrected chi connectivity index (χ1v) is 11.6. The van der Waals surface area contributed by atoms with Gasteiger partial charge in [-0.2, -0.15) is 13.2 Å². The standard InChI is InChI=1S/C27H23F3N4O2/c28-27(29,30)21-11-9-20(10-12-21)26(36)33-16-13-19(14-17-33)25(35)32-24-23(18-6-2-1-3-7-18)31-22-8-4-5-15-34(22)24/h1-12,15,19H,13-14,16-17H2,(H,32,35). The number of nitrogens with one attached hydrogen (secondary N) is 1. The fraction of sp³-hybridized carbons (Fsp3) is 0.222. The number of benzene rings is 2. The van der Waals surface area contributed by atoms with Gasteiger partial charge in [0.2, 0.25) is 5.91 Å². The minimum absolute atomic E-state index is 0.153. The molecule has 2 aromatic heterocycles. The predicted molar refractivity (Wildman–Crippen MR) is 129 cm³/mol. The van der Waals surface area contributed by atoms with Crippen LogP contribution in [-0.4, -0.2) is 39.2 Å². The van der Waals surface area contributed by atoms with Crippen LogP contribution in [0.5, 0.6) is 0 Å². The van der Waals surface area contributed by atoms with Crippen LogP contribution in [0.1, 0.15) is 28.8 Å². The topological polar surface area (TPSA) is 66.7 Å². The number of pyridine rings is 1. The number of amides is 2. The molecule has 9 heteroatoms. The molecule has 3 heterocycles. The first-order valence-electron chi connectivity index (χ1n) is 11.6. The second-order valence-electron chi connectivity index (χ2n) is 8.73. The Morgan fingerprint density at radius 3 is 2.22 bits per heavy atom. The van der Waals surface area contributed by atoms with Crippen LogP contribution in [0.4, 0.5) is 19.0 Å². The van der Waals surface area contributed by atoms with Crippen LogP contribution >= 0.6 is 0 Å². The van der Waals surface area contributed by atoms with Gasteiger partial charge < -0.3 is 10.2 Å². The number of hydrogen-bond donors (Lipinski definition) is 1. The fourth-order valence-corrected chi connectivity index (χ4v) is 4.46. The molecule has 2 amide bonds. The summed E-state index contributed by atoms with van der Waals surface area (Å²) in [5.41, 5.74) is 1.67. The minimum Gasteiger partial charge on any atom is -0.339 e. The van der Waals surface area contributed by atoms with Crippen molar-refractivity contribution in [1.82, 2.24) is 14.3 Å². The second kappa shape index (κ2) is 9.49. The number of carbonyl (C=O) groups is 2. The molecule has 1 fully saturated rings. The number of imidazole rings is 1. The van der Waals surface area contributed by atoms with Crippen molar-refractivity contribution in [1.29, 1.82) is 0 Å². The highest BCUT2D eigenvalue weighted by molar-refractivity contribution is 5.97. The van der Waals surface area contributed by atoms with Crippen molar-refractivity contribution < 1.29 is 22.8 Å². The maximum absolute atomic E-state index is 13.2. The molecule has 0 atom stereocenters. The maximum atomic E-state index is 13.2. The van der Waals surface area contributed by atoms with E-state index in [4.69, 9.17) is 4.98 Å². The summed E-state index contributed by atoms with van der Waals surface area (Å²) in [4.78, 5) is 32.3. The first kappa shape index (κ1) is 23.6. The Balaban J connectivity index is 1.27. The van der Waals surface area contributed by atoms with Gasteiger partial charge in [-0.1, -0.05) is 36.4 Å². The molecule has 4 aromatic rings. The summed E-state index contributed by atoms with van der Waals surface area (Å²) < 4.78 is 40.2. The summed E-state index contributed by atoms with van der Waals surface area (Å²) in [6.45, 7) is 0.688. The lowest BCUT2D eigenvalue weighted by atomic mass is 9.95. The summed E-state index contributed by atoms with van der Waals surface area (Å²) in [5, 5.41) is 3.05. The van der Waals surface area contributed by atoms with Crippen molar-refractivity contribution in [3.05, 3.63) is 90.1 Å². The molecule has 0 aliphatic carbocycles. The van der Waals surface area contributed by atoms with E-state index in [9.17, 15) is 22.8 Å². The molecule has 2 aromatic carbocycles. The molecule has 5 rings (SSSR count). The van der Waals surface area contributed by atoms with Gasteiger partial charge in [0.1, 0.15) is 17.2 Å². The van der Waals surface area contributed by atoms with Gasteiger partial charge in [-0.3, -0.25) is 14.0 Å². The van der Waals surface area contributed by atoms with Crippen molar-refractivity contribution >= 4 is 23.3 Å². The SMILES string of the molecule is O=C(Nc1c(-c2ccccc2)nc2ccccn12)C1CCN(C(=O)c2ccc(C(F)(F)F)cc2)CC1. The average Bonchev–Trinajstić information content (AvgIpc) is 3.26. The van der Waals surface area contributed by atoms with E-state index in [1.807, 2.05) is 59.1 Å². The number of hydrogen-bond acceptors (Lipinski definition) is 3. The molecule has 1 N–H and O–H groups in total. The Morgan fingerprint density at radius 2 is 1.56 bits per heavy atom. The number of aromatic nitrogens is 2. The van der Waals surface area contributed by atoms with Crippen LogP contribution < -0.4 is 5.32 Å². The zero-order chi connectivity index (χ0) is 25.3. The number of likely N-dealkylation sites (tertiary alicyclic amines) is 1. The minimum atomic E-state index is -4.45. The Hall–Kier alpha value is -4.14. The Labute approximate surface area is 205 Å². The van der Waals surface area contributed by atoms with Gasteiger partial charge >= 0.3 is 6.18 Å². The first-order chi connectivity index (χ1) is 17.3. The summed E-state index contributed by atoms with van der Waals surface area (Å²) in [5.74, 6) is -0.209. The number of anilines is 1. The molecule has 1 aliphatic heterocycles. The third-order valence-electron chi connectivity index (χ3n) is 6.43. The van der Waals surface area contributed by atoms with E-state index < -0.39 is 11.7 Å². The zero-order valence-corrected chi connectivity index (χ0v) is 19.2. The molecule has 0 bridgehead atoms. The molecule has 36 heavy (non-hydrogen) atoms. The van der Waals surface area contributed by atoms with Gasteiger partial charge in [-0.05, 0) is 49.2 Å². The smallest absolute Gasteiger partial charge is 0.339 e. The molecular weight excluding hydrogens is 469 g/mol. The number of fused-ring (bicyclic) bond motifs is 1. The van der Waals surface area contributed by atoms with E-state index in [2.05, 4.69) is 5.32 Å². The Bertz CT molecular complexity index is 1390. The zero-order valence-electron chi connectivity index (χ0n) is 19.2. The van der Waals surface area contributed by atoms with E-state index in [1.54, 1.807) is 4.90 Å². The Morgan fingerprint density at radius 1 is 0.889 bits per heavy atom. The van der Waals surface area contributed by atoms with E-state index in [1.165, 1.54) is 12.1 Å². The number of rotatable bonds is 4. The molecule has 0 saturated carbocycles. The highest BCUT2D eigenvalue weighted by Gasteiger charge is 2.32. The lowest BCUT2D eigenvalue weighted by Crippen LogP contribution is -2.41. The van der Waals surface area contributed by atoms with E-state index in [0.29, 0.717) is 43.1 Å². The summed E-state index contributed by atoms with van der Waals surface area (Å²) in [6, 6.07) is 19.4. The molecular formula is C27H23F3N4O2. The van der Waals surface area contributed by atoms with Gasteiger partial charge in [0, 0.05) is 36.3 Å². The molecule has 0 unspecified atom stereocenters. The lowest BCUT2D eigenvalue weighted by molar-refractivity contribution is -0.137. The van der Waals surface area contributed by atoms with Crippen molar-refractivity contribution in [3.63, 3.8) is 0 Å². The van der Waals surface area contributed by atoms with Crippen LogP contribution in [0.25, 0.3) is 16.9 Å². The van der Waals surface area contributed by atoms with Crippen LogP contribution in [0, 0.1) is 5.92 Å². The highest BCUT2D eigenvalue weighted by Crippen LogP contribution is 2.31. The van der Waals surface area contributed by atoms with Crippen molar-refractivity contribution in [3.8, 4) is 11.3 Å². The summed E-state index contributed by atoms with van der Waals surface area (Å²) in [6.07, 6.45) is -1.70. The largest absolute Gasteiger partial charge is 0.416 e. The van der Waals surface area contributed by atoms with Crippen LogP contribution in [0.15, 0.2) is 79.0 Å². The van der Waals surface area contributed by atoms with Gasteiger partial charge in [-0.15, -0.1) is 0 Å². The summed E-state index contributed by atoms with van der Waals surface area (Å²) >= 11 is 0. The molecule has 1 aliphatic rings. The van der Waals surface area contributed by atoms with Gasteiger partial charge in [0.25, 0.3) is 5.91 Å². The third-order valence-corrected chi connectivity index (χ3v) is 6.43. The second-order valence-corrected chi connectivity index (χ2v) is 8.73. The normalized spacial score (nSPS) is 14.7. The van der Waals surface area contributed by atoms with Crippen LogP contribution in [0.3, 0.4) is 0 Å². The lowest BCUT2D eigenvalue weighted by Gasteiger charge is -2.31. The molecule has 0 radical (unpaired) electrons.